The van der Waals surface area contributed by atoms with Gasteiger partial charge in [-0.3, -0.25) is 6.08 Å². The number of rotatable bonds is 0. The van der Waals surface area contributed by atoms with E-state index in [0.29, 0.717) is 0 Å². The quantitative estimate of drug-likeness (QED) is 0.475. The van der Waals surface area contributed by atoms with Crippen LogP contribution in [-0.4, -0.2) is 0 Å². The van der Waals surface area contributed by atoms with Crippen LogP contribution in [0.5, 0.6) is 0 Å². The fourth-order valence-corrected chi connectivity index (χ4v) is 0.854. The number of allylic oxidation sites excluding steroid dienone is 2. The van der Waals surface area contributed by atoms with Gasteiger partial charge >= 0.3 is 22.4 Å². The first-order valence-electron chi connectivity index (χ1n) is 3.05. The summed E-state index contributed by atoms with van der Waals surface area (Å²) in [6.07, 6.45) is 12.0. The molecule has 1 aliphatic rings. The molecule has 0 aromatic carbocycles. The van der Waals surface area contributed by atoms with Gasteiger partial charge in [-0.15, -0.1) is 0 Å². The zero-order chi connectivity index (χ0) is 4.95. The van der Waals surface area contributed by atoms with E-state index >= 15 is 0 Å². The molecule has 0 heterocycles. The predicted octanol–water partition coefficient (Wildman–Crippen LogP) is 2.31. The van der Waals surface area contributed by atoms with E-state index < -0.39 is 0 Å². The van der Waals surface area contributed by atoms with Crippen LogP contribution in [0.1, 0.15) is 32.1 Å². The number of hydrogen-bond donors (Lipinski definition) is 0. The molecule has 0 amide bonds. The fraction of sp³-hybridized carbons (Fsp3) is 0.714. The maximum Gasteiger partial charge on any atom is 1.00 e. The zero-order valence-electron chi connectivity index (χ0n) is 4.91. The zero-order valence-corrected chi connectivity index (χ0v) is 7.08. The van der Waals surface area contributed by atoms with Gasteiger partial charge in [0.1, 0.15) is 0 Å². The molecular weight excluding hydrogens is 281 g/mol. The first-order chi connectivity index (χ1) is 3.50. The van der Waals surface area contributed by atoms with Crippen LogP contribution in [0.15, 0.2) is 6.08 Å². The average molecular weight is 292 g/mol. The molecule has 0 bridgehead atoms. The molecule has 0 aromatic heterocycles. The molecule has 0 fully saturated rings. The van der Waals surface area contributed by atoms with Crippen LogP contribution in [0, 0.1) is 6.08 Å². The van der Waals surface area contributed by atoms with E-state index in [-0.39, 0.29) is 22.4 Å². The SMILES string of the molecule is [Au+].[C-]1=CCCCCC1. The van der Waals surface area contributed by atoms with Crippen molar-refractivity contribution in [2.24, 2.45) is 0 Å². The normalized spacial score (nSPS) is 19.0. The summed E-state index contributed by atoms with van der Waals surface area (Å²) >= 11 is 0. The molecule has 8 heavy (non-hydrogen) atoms. The Hall–Kier alpha value is 0.480. The van der Waals surface area contributed by atoms with Gasteiger partial charge in [-0.2, -0.15) is 6.42 Å². The van der Waals surface area contributed by atoms with Crippen LogP contribution in [-0.2, 0) is 22.4 Å². The average Bonchev–Trinajstić information content (AvgIpc) is 1.90. The van der Waals surface area contributed by atoms with E-state index in [0.717, 1.165) is 0 Å². The molecule has 0 saturated heterocycles. The second-order valence-corrected chi connectivity index (χ2v) is 2.01. The first kappa shape index (κ1) is 8.48. The van der Waals surface area contributed by atoms with Crippen molar-refractivity contribution in [1.82, 2.24) is 0 Å². The minimum Gasteiger partial charge on any atom is -0.501 e. The first-order valence-corrected chi connectivity index (χ1v) is 3.05. The van der Waals surface area contributed by atoms with Gasteiger partial charge in [-0.05, 0) is 0 Å². The van der Waals surface area contributed by atoms with Gasteiger partial charge < -0.3 is 6.08 Å². The van der Waals surface area contributed by atoms with Crippen molar-refractivity contribution in [3.8, 4) is 0 Å². The van der Waals surface area contributed by atoms with Gasteiger partial charge in [0.05, 0.1) is 0 Å². The third-order valence-electron chi connectivity index (χ3n) is 1.31. The van der Waals surface area contributed by atoms with Gasteiger partial charge in [0, 0.05) is 0 Å². The predicted molar refractivity (Wildman–Crippen MR) is 30.9 cm³/mol. The second kappa shape index (κ2) is 5.61. The molecule has 1 rings (SSSR count). The van der Waals surface area contributed by atoms with Crippen molar-refractivity contribution < 1.29 is 22.4 Å². The van der Waals surface area contributed by atoms with E-state index in [2.05, 4.69) is 12.2 Å². The third-order valence-corrected chi connectivity index (χ3v) is 1.31. The van der Waals surface area contributed by atoms with E-state index in [4.69, 9.17) is 0 Å². The molecule has 50 valence electrons. The van der Waals surface area contributed by atoms with Crippen LogP contribution in [0.4, 0.5) is 0 Å². The Morgan fingerprint density at radius 3 is 2.88 bits per heavy atom. The van der Waals surface area contributed by atoms with Crippen molar-refractivity contribution in [2.45, 2.75) is 32.1 Å². The maximum absolute atomic E-state index is 3.22. The molecule has 1 aliphatic carbocycles. The molecule has 1 heteroatoms. The molecule has 0 aromatic rings. The molecule has 0 atom stereocenters. The Morgan fingerprint density at radius 1 is 1.12 bits per heavy atom. The Bertz CT molecular complexity index is 58.8. The van der Waals surface area contributed by atoms with Crippen LogP contribution in [0.3, 0.4) is 0 Å². The Balaban J connectivity index is 0.000000490. The molecular formula is C7H11Au. The van der Waals surface area contributed by atoms with Crippen molar-refractivity contribution in [2.75, 3.05) is 0 Å². The summed E-state index contributed by atoms with van der Waals surface area (Å²) in [4.78, 5) is 0. The minimum absolute atomic E-state index is 0. The Kier molecular flexibility index (Phi) is 5.95. The largest absolute Gasteiger partial charge is 1.00 e. The second-order valence-electron chi connectivity index (χ2n) is 2.01. The maximum atomic E-state index is 3.22. The minimum atomic E-state index is 0. The van der Waals surface area contributed by atoms with Crippen LogP contribution >= 0.6 is 0 Å². The van der Waals surface area contributed by atoms with Gasteiger partial charge in [0.15, 0.2) is 0 Å². The van der Waals surface area contributed by atoms with Crippen molar-refractivity contribution in [1.29, 1.82) is 0 Å². The summed E-state index contributed by atoms with van der Waals surface area (Å²) in [7, 11) is 0. The summed E-state index contributed by atoms with van der Waals surface area (Å²) in [5.74, 6) is 0. The van der Waals surface area contributed by atoms with Crippen molar-refractivity contribution in [3.05, 3.63) is 12.2 Å². The smallest absolute Gasteiger partial charge is 0.501 e. The summed E-state index contributed by atoms with van der Waals surface area (Å²) in [5.41, 5.74) is 0. The van der Waals surface area contributed by atoms with Crippen LogP contribution in [0.2, 0.25) is 0 Å². The van der Waals surface area contributed by atoms with Crippen LogP contribution < -0.4 is 0 Å². The Labute approximate surface area is 66.9 Å². The molecule has 0 saturated carbocycles. The van der Waals surface area contributed by atoms with Crippen LogP contribution in [0.25, 0.3) is 0 Å². The van der Waals surface area contributed by atoms with Crippen molar-refractivity contribution >= 4 is 0 Å². The Morgan fingerprint density at radius 2 is 2.00 bits per heavy atom. The molecule has 0 nitrogen and oxygen atoms in total. The molecule has 0 radical (unpaired) electrons. The molecule has 0 N–H and O–H groups in total. The summed E-state index contributed by atoms with van der Waals surface area (Å²) in [6, 6.07) is 0. The monoisotopic (exact) mass is 292 g/mol. The van der Waals surface area contributed by atoms with Gasteiger partial charge in [0.25, 0.3) is 0 Å². The molecule has 0 aliphatic heterocycles. The standard InChI is InChI=1S/C7H11.Au/c1-2-4-6-7-5-3-1;/h1H,2,4-7H2;/q-1;+1. The van der Waals surface area contributed by atoms with E-state index in [1.807, 2.05) is 0 Å². The number of hydrogen-bond acceptors (Lipinski definition) is 0. The van der Waals surface area contributed by atoms with Gasteiger partial charge in [-0.1, -0.05) is 25.7 Å². The molecule has 0 spiro atoms. The topological polar surface area (TPSA) is 0 Å². The molecule has 0 unspecified atom stereocenters. The van der Waals surface area contributed by atoms with Gasteiger partial charge in [0.2, 0.25) is 0 Å². The van der Waals surface area contributed by atoms with E-state index in [1.54, 1.807) is 0 Å². The van der Waals surface area contributed by atoms with E-state index in [1.165, 1.54) is 32.1 Å². The summed E-state index contributed by atoms with van der Waals surface area (Å²) in [6.45, 7) is 0. The van der Waals surface area contributed by atoms with Gasteiger partial charge in [-0.25, -0.2) is 0 Å². The summed E-state index contributed by atoms with van der Waals surface area (Å²) < 4.78 is 0. The summed E-state index contributed by atoms with van der Waals surface area (Å²) in [5, 5.41) is 0. The third kappa shape index (κ3) is 3.48. The fourth-order valence-electron chi connectivity index (χ4n) is 0.854. The van der Waals surface area contributed by atoms with E-state index in [9.17, 15) is 0 Å². The van der Waals surface area contributed by atoms with Crippen molar-refractivity contribution in [3.63, 3.8) is 0 Å².